The van der Waals surface area contributed by atoms with E-state index in [1.807, 2.05) is 0 Å². The molecule has 0 radical (unpaired) electrons. The molecule has 3 rings (SSSR count). The van der Waals surface area contributed by atoms with Crippen molar-refractivity contribution >= 4 is 23.3 Å². The summed E-state index contributed by atoms with van der Waals surface area (Å²) in [5.41, 5.74) is 0.409. The number of hydrogen-bond acceptors (Lipinski definition) is 6. The number of aryl methyl sites for hydroxylation is 2. The molecule has 0 aliphatic carbocycles. The summed E-state index contributed by atoms with van der Waals surface area (Å²) in [4.78, 5) is 32.6. The van der Waals surface area contributed by atoms with Crippen LogP contribution in [0.15, 0.2) is 30.3 Å². The highest BCUT2D eigenvalue weighted by molar-refractivity contribution is 5.96. The summed E-state index contributed by atoms with van der Waals surface area (Å²) in [6, 6.07) is 5.87. The molecule has 0 saturated carbocycles. The van der Waals surface area contributed by atoms with Crippen LogP contribution in [0.1, 0.15) is 34.5 Å². The number of nitrogens with zero attached hydrogens (tertiary/aromatic N) is 4. The molecule has 0 spiro atoms. The number of ether oxygens (including phenoxy) is 1. The van der Waals surface area contributed by atoms with E-state index < -0.39 is 29.7 Å². The van der Waals surface area contributed by atoms with E-state index in [0.717, 1.165) is 18.2 Å². The van der Waals surface area contributed by atoms with Gasteiger partial charge in [0.2, 0.25) is 0 Å². The molecule has 0 aliphatic heterocycles. The third-order valence-corrected chi connectivity index (χ3v) is 3.91. The predicted molar refractivity (Wildman–Crippen MR) is 95.2 cm³/mol. The summed E-state index contributed by atoms with van der Waals surface area (Å²) < 4.78 is 44.7. The van der Waals surface area contributed by atoms with Gasteiger partial charge in [0.25, 0.3) is 17.5 Å². The van der Waals surface area contributed by atoms with E-state index in [9.17, 15) is 22.8 Å². The molecule has 29 heavy (non-hydrogen) atoms. The number of aromatic nitrogens is 4. The number of fused-ring (bicyclic) bond motifs is 1. The highest BCUT2D eigenvalue weighted by Crippen LogP contribution is 2.30. The summed E-state index contributed by atoms with van der Waals surface area (Å²) >= 11 is 0. The second-order valence-electron chi connectivity index (χ2n) is 6.30. The van der Waals surface area contributed by atoms with E-state index >= 15 is 0 Å². The van der Waals surface area contributed by atoms with E-state index in [2.05, 4.69) is 20.4 Å². The maximum atomic E-state index is 12.8. The second-order valence-corrected chi connectivity index (χ2v) is 6.30. The molecule has 8 nitrogen and oxygen atoms in total. The SMILES string of the molecule is Cc1cc(C)n2nc(C(=O)O[C@H](C)C(=O)Nc3cccc(C(F)(F)F)c3)nc2n1. The molecule has 2 heterocycles. The standard InChI is InChI=1S/C18H16F3N5O3/c1-9-7-10(2)26-17(22-9)24-14(25-26)16(28)29-11(3)15(27)23-13-6-4-5-12(8-13)18(19,20)21/h4-8,11H,1-3H3,(H,23,27)/t11-/m1/s1. The van der Waals surface area contributed by atoms with Crippen LogP contribution in [-0.4, -0.2) is 37.6 Å². The number of anilines is 1. The number of benzene rings is 1. The summed E-state index contributed by atoms with van der Waals surface area (Å²) in [6.45, 7) is 4.81. The first kappa shape index (κ1) is 20.2. The Hall–Kier alpha value is -3.50. The molecule has 1 amide bonds. The lowest BCUT2D eigenvalue weighted by Crippen LogP contribution is -2.30. The molecule has 1 N–H and O–H groups in total. The van der Waals surface area contributed by atoms with Crippen molar-refractivity contribution in [1.82, 2.24) is 19.6 Å². The number of alkyl halides is 3. The Balaban J connectivity index is 1.70. The highest BCUT2D eigenvalue weighted by atomic mass is 19.4. The van der Waals surface area contributed by atoms with E-state index in [1.54, 1.807) is 19.9 Å². The molecule has 0 unspecified atom stereocenters. The van der Waals surface area contributed by atoms with Crippen molar-refractivity contribution in [2.45, 2.75) is 33.1 Å². The Morgan fingerprint density at radius 3 is 2.59 bits per heavy atom. The number of amides is 1. The summed E-state index contributed by atoms with van der Waals surface area (Å²) in [6.07, 6.45) is -5.84. The van der Waals surface area contributed by atoms with Gasteiger partial charge in [0, 0.05) is 17.1 Å². The Morgan fingerprint density at radius 2 is 1.90 bits per heavy atom. The normalized spacial score (nSPS) is 12.6. The summed E-state index contributed by atoms with van der Waals surface area (Å²) in [7, 11) is 0. The third kappa shape index (κ3) is 4.50. The number of halogens is 3. The van der Waals surface area contributed by atoms with Crippen LogP contribution in [0.5, 0.6) is 0 Å². The van der Waals surface area contributed by atoms with Gasteiger partial charge in [0.1, 0.15) is 0 Å². The van der Waals surface area contributed by atoms with Crippen molar-refractivity contribution in [3.8, 4) is 0 Å². The van der Waals surface area contributed by atoms with Gasteiger partial charge < -0.3 is 10.1 Å². The van der Waals surface area contributed by atoms with Gasteiger partial charge in [0.05, 0.1) is 5.56 Å². The quantitative estimate of drug-likeness (QED) is 0.668. The van der Waals surface area contributed by atoms with Crippen LogP contribution in [0.2, 0.25) is 0 Å². The zero-order chi connectivity index (χ0) is 21.3. The minimum absolute atomic E-state index is 0.0751. The minimum Gasteiger partial charge on any atom is -0.447 e. The Labute approximate surface area is 162 Å². The highest BCUT2D eigenvalue weighted by Gasteiger charge is 2.31. The first-order valence-electron chi connectivity index (χ1n) is 8.45. The van der Waals surface area contributed by atoms with E-state index in [4.69, 9.17) is 4.74 Å². The second kappa shape index (κ2) is 7.49. The monoisotopic (exact) mass is 407 g/mol. The number of rotatable bonds is 4. The van der Waals surface area contributed by atoms with Gasteiger partial charge in [0.15, 0.2) is 6.10 Å². The smallest absolute Gasteiger partial charge is 0.416 e. The fraction of sp³-hybridized carbons (Fsp3) is 0.278. The Bertz CT molecular complexity index is 1090. The van der Waals surface area contributed by atoms with Gasteiger partial charge in [-0.05, 0) is 45.0 Å². The lowest BCUT2D eigenvalue weighted by molar-refractivity contribution is -0.137. The molecule has 2 aromatic heterocycles. The van der Waals surface area contributed by atoms with Crippen molar-refractivity contribution in [2.24, 2.45) is 0 Å². The number of carbonyl (C=O) groups is 2. The predicted octanol–water partition coefficient (Wildman–Crippen LogP) is 2.94. The fourth-order valence-electron chi connectivity index (χ4n) is 2.54. The molecule has 1 atom stereocenters. The van der Waals surface area contributed by atoms with Gasteiger partial charge in [-0.3, -0.25) is 4.79 Å². The van der Waals surface area contributed by atoms with Gasteiger partial charge in [-0.1, -0.05) is 6.07 Å². The Kier molecular flexibility index (Phi) is 5.23. The number of hydrogen-bond donors (Lipinski definition) is 1. The number of esters is 1. The van der Waals surface area contributed by atoms with Crippen LogP contribution in [-0.2, 0) is 15.7 Å². The number of nitrogens with one attached hydrogen (secondary N) is 1. The zero-order valence-electron chi connectivity index (χ0n) is 15.6. The van der Waals surface area contributed by atoms with Crippen molar-refractivity contribution in [3.05, 3.63) is 53.1 Å². The van der Waals surface area contributed by atoms with Crippen molar-refractivity contribution in [1.29, 1.82) is 0 Å². The molecular formula is C18H16F3N5O3. The van der Waals surface area contributed by atoms with Crippen LogP contribution in [0.4, 0.5) is 18.9 Å². The number of carbonyl (C=O) groups excluding carboxylic acids is 2. The van der Waals surface area contributed by atoms with E-state index in [1.165, 1.54) is 17.5 Å². The molecule has 0 saturated heterocycles. The van der Waals surface area contributed by atoms with Crippen LogP contribution in [0, 0.1) is 13.8 Å². The van der Waals surface area contributed by atoms with Crippen molar-refractivity contribution in [3.63, 3.8) is 0 Å². The first-order valence-corrected chi connectivity index (χ1v) is 8.45. The molecule has 0 bridgehead atoms. The average molecular weight is 407 g/mol. The van der Waals surface area contributed by atoms with Crippen LogP contribution >= 0.6 is 0 Å². The minimum atomic E-state index is -4.54. The van der Waals surface area contributed by atoms with Crippen LogP contribution < -0.4 is 5.32 Å². The van der Waals surface area contributed by atoms with Gasteiger partial charge in [-0.25, -0.2) is 14.3 Å². The lowest BCUT2D eigenvalue weighted by Gasteiger charge is -2.13. The summed E-state index contributed by atoms with van der Waals surface area (Å²) in [5, 5.41) is 6.28. The topological polar surface area (TPSA) is 98.5 Å². The maximum Gasteiger partial charge on any atom is 0.416 e. The molecule has 0 aliphatic rings. The molecule has 3 aromatic rings. The van der Waals surface area contributed by atoms with Crippen LogP contribution in [0.3, 0.4) is 0 Å². The largest absolute Gasteiger partial charge is 0.447 e. The zero-order valence-corrected chi connectivity index (χ0v) is 15.6. The lowest BCUT2D eigenvalue weighted by atomic mass is 10.2. The first-order chi connectivity index (χ1) is 13.5. The van der Waals surface area contributed by atoms with Crippen LogP contribution in [0.25, 0.3) is 5.78 Å². The molecule has 0 fully saturated rings. The van der Waals surface area contributed by atoms with E-state index in [0.29, 0.717) is 11.4 Å². The maximum absolute atomic E-state index is 12.8. The van der Waals surface area contributed by atoms with E-state index in [-0.39, 0.29) is 17.3 Å². The molecular weight excluding hydrogens is 391 g/mol. The van der Waals surface area contributed by atoms with Gasteiger partial charge >= 0.3 is 12.1 Å². The third-order valence-electron chi connectivity index (χ3n) is 3.91. The Morgan fingerprint density at radius 1 is 1.17 bits per heavy atom. The average Bonchev–Trinajstić information content (AvgIpc) is 3.05. The van der Waals surface area contributed by atoms with Crippen molar-refractivity contribution in [2.75, 3.05) is 5.32 Å². The van der Waals surface area contributed by atoms with Gasteiger partial charge in [-0.15, -0.1) is 5.10 Å². The van der Waals surface area contributed by atoms with Gasteiger partial charge in [-0.2, -0.15) is 18.2 Å². The molecule has 152 valence electrons. The fourth-order valence-corrected chi connectivity index (χ4v) is 2.54. The molecule has 11 heteroatoms. The summed E-state index contributed by atoms with van der Waals surface area (Å²) in [5.74, 6) is -1.84. The molecule has 1 aromatic carbocycles. The van der Waals surface area contributed by atoms with Crippen molar-refractivity contribution < 1.29 is 27.5 Å².